The van der Waals surface area contributed by atoms with Gasteiger partial charge in [0, 0.05) is 9.37 Å². The molecule has 0 saturated heterocycles. The summed E-state index contributed by atoms with van der Waals surface area (Å²) < 4.78 is 1.15. The van der Waals surface area contributed by atoms with Gasteiger partial charge in [0.05, 0.1) is 0 Å². The highest BCUT2D eigenvalue weighted by atomic mass is 79.9. The molecule has 0 bridgehead atoms. The normalized spacial score (nSPS) is 10.9. The number of nitrogens with zero attached hydrogens (tertiary/aromatic N) is 1. The van der Waals surface area contributed by atoms with Gasteiger partial charge < -0.3 is 4.90 Å². The van der Waals surface area contributed by atoms with Crippen LogP contribution in [0.15, 0.2) is 33.6 Å². The first-order valence-corrected chi connectivity index (χ1v) is 6.49. The zero-order valence-electron chi connectivity index (χ0n) is 8.66. The molecule has 0 unspecified atom stereocenters. The molecule has 0 aliphatic carbocycles. The maximum absolute atomic E-state index is 3.43. The van der Waals surface area contributed by atoms with E-state index in [0.29, 0.717) is 0 Å². The van der Waals surface area contributed by atoms with E-state index < -0.39 is 0 Å². The summed E-state index contributed by atoms with van der Waals surface area (Å²) >= 11 is 5.35. The number of halogens is 1. The first kappa shape index (κ1) is 12.1. The van der Waals surface area contributed by atoms with Crippen molar-refractivity contribution in [3.63, 3.8) is 0 Å². The van der Waals surface area contributed by atoms with Crippen LogP contribution in [-0.2, 0) is 0 Å². The van der Waals surface area contributed by atoms with Crippen molar-refractivity contribution in [1.29, 1.82) is 0 Å². The Hall–Kier alpha value is 0.01000. The number of benzene rings is 1. The third-order valence-electron chi connectivity index (χ3n) is 1.83. The molecular weight excluding hydrogens is 258 g/mol. The Morgan fingerprint density at radius 1 is 1.21 bits per heavy atom. The minimum atomic E-state index is 1.15. The summed E-state index contributed by atoms with van der Waals surface area (Å²) in [7, 11) is 4.23. The monoisotopic (exact) mass is 273 g/mol. The van der Waals surface area contributed by atoms with E-state index in [0.717, 1.165) is 4.47 Å². The van der Waals surface area contributed by atoms with Gasteiger partial charge in [0.1, 0.15) is 0 Å². The average molecular weight is 274 g/mol. The van der Waals surface area contributed by atoms with E-state index in [1.54, 1.807) is 0 Å². The van der Waals surface area contributed by atoms with Gasteiger partial charge in [0.15, 0.2) is 0 Å². The molecule has 0 fully saturated rings. The largest absolute Gasteiger partial charge is 0.309 e. The van der Waals surface area contributed by atoms with Gasteiger partial charge in [-0.2, -0.15) is 0 Å². The fraction of sp³-hybridized carbons (Fsp3) is 0.455. The number of hydrogen-bond donors (Lipinski definition) is 0. The summed E-state index contributed by atoms with van der Waals surface area (Å²) in [6.07, 6.45) is 1.24. The van der Waals surface area contributed by atoms with Crippen LogP contribution in [0.3, 0.4) is 0 Å². The molecule has 1 rings (SSSR count). The van der Waals surface area contributed by atoms with Crippen molar-refractivity contribution in [2.24, 2.45) is 0 Å². The number of hydrogen-bond acceptors (Lipinski definition) is 2. The van der Waals surface area contributed by atoms with Crippen LogP contribution in [0.2, 0.25) is 0 Å². The molecule has 1 nitrogen and oxygen atoms in total. The molecule has 78 valence electrons. The first-order chi connectivity index (χ1) is 6.68. The van der Waals surface area contributed by atoms with Gasteiger partial charge >= 0.3 is 0 Å². The van der Waals surface area contributed by atoms with Crippen molar-refractivity contribution in [2.75, 3.05) is 26.4 Å². The highest BCUT2D eigenvalue weighted by Gasteiger charge is 1.95. The second-order valence-electron chi connectivity index (χ2n) is 3.46. The van der Waals surface area contributed by atoms with Crippen LogP contribution in [0.1, 0.15) is 6.42 Å². The molecule has 0 heterocycles. The van der Waals surface area contributed by atoms with Crippen molar-refractivity contribution in [3.8, 4) is 0 Å². The lowest BCUT2D eigenvalue weighted by atomic mass is 10.4. The maximum Gasteiger partial charge on any atom is 0.0176 e. The SMILES string of the molecule is CN(C)CCCSc1ccc(Br)cc1. The smallest absolute Gasteiger partial charge is 0.0176 e. The van der Waals surface area contributed by atoms with Crippen LogP contribution in [0.5, 0.6) is 0 Å². The van der Waals surface area contributed by atoms with E-state index in [9.17, 15) is 0 Å². The molecule has 0 spiro atoms. The summed E-state index contributed by atoms with van der Waals surface area (Å²) in [4.78, 5) is 3.58. The zero-order valence-corrected chi connectivity index (χ0v) is 11.1. The van der Waals surface area contributed by atoms with E-state index in [1.807, 2.05) is 11.8 Å². The third kappa shape index (κ3) is 5.03. The first-order valence-electron chi connectivity index (χ1n) is 4.71. The standard InChI is InChI=1S/C11H16BrNS/c1-13(2)8-3-9-14-11-6-4-10(12)5-7-11/h4-7H,3,8-9H2,1-2H3. The van der Waals surface area contributed by atoms with E-state index >= 15 is 0 Å². The fourth-order valence-electron chi connectivity index (χ4n) is 1.10. The van der Waals surface area contributed by atoms with Gasteiger partial charge in [0.25, 0.3) is 0 Å². The van der Waals surface area contributed by atoms with E-state index in [2.05, 4.69) is 59.2 Å². The van der Waals surface area contributed by atoms with Gasteiger partial charge in [-0.25, -0.2) is 0 Å². The topological polar surface area (TPSA) is 3.24 Å². The van der Waals surface area contributed by atoms with Gasteiger partial charge in [-0.3, -0.25) is 0 Å². The Morgan fingerprint density at radius 2 is 1.86 bits per heavy atom. The van der Waals surface area contributed by atoms with E-state index in [4.69, 9.17) is 0 Å². The molecule has 3 heteroatoms. The van der Waals surface area contributed by atoms with Crippen LogP contribution < -0.4 is 0 Å². The molecule has 0 saturated carbocycles. The summed E-state index contributed by atoms with van der Waals surface area (Å²) in [5.41, 5.74) is 0. The second-order valence-corrected chi connectivity index (χ2v) is 5.54. The predicted molar refractivity (Wildman–Crippen MR) is 68.0 cm³/mol. The molecule has 1 aromatic rings. The fourth-order valence-corrected chi connectivity index (χ4v) is 2.20. The molecule has 0 radical (unpaired) electrons. The molecule has 1 aromatic carbocycles. The molecular formula is C11H16BrNS. The van der Waals surface area contributed by atoms with Crippen LogP contribution >= 0.6 is 27.7 Å². The molecule has 0 atom stereocenters. The van der Waals surface area contributed by atoms with Gasteiger partial charge in [0.2, 0.25) is 0 Å². The molecule has 0 N–H and O–H groups in total. The lowest BCUT2D eigenvalue weighted by Gasteiger charge is -2.08. The Morgan fingerprint density at radius 3 is 2.43 bits per heavy atom. The Labute approximate surface area is 99.0 Å². The third-order valence-corrected chi connectivity index (χ3v) is 3.46. The Bertz CT molecular complexity index is 258. The van der Waals surface area contributed by atoms with Crippen molar-refractivity contribution >= 4 is 27.7 Å². The van der Waals surface area contributed by atoms with Crippen molar-refractivity contribution in [2.45, 2.75) is 11.3 Å². The summed E-state index contributed by atoms with van der Waals surface area (Å²) in [6.45, 7) is 1.17. The van der Waals surface area contributed by atoms with Crippen LogP contribution in [-0.4, -0.2) is 31.3 Å². The minimum absolute atomic E-state index is 1.15. The highest BCUT2D eigenvalue weighted by molar-refractivity contribution is 9.10. The molecule has 0 amide bonds. The van der Waals surface area contributed by atoms with E-state index in [-0.39, 0.29) is 0 Å². The van der Waals surface area contributed by atoms with Crippen molar-refractivity contribution in [1.82, 2.24) is 4.90 Å². The minimum Gasteiger partial charge on any atom is -0.309 e. The van der Waals surface area contributed by atoms with Crippen LogP contribution in [0.25, 0.3) is 0 Å². The van der Waals surface area contributed by atoms with Gasteiger partial charge in [-0.05, 0) is 57.1 Å². The molecule has 0 aliphatic heterocycles. The molecule has 14 heavy (non-hydrogen) atoms. The Balaban J connectivity index is 2.21. The maximum atomic E-state index is 3.43. The lowest BCUT2D eigenvalue weighted by molar-refractivity contribution is 0.410. The van der Waals surface area contributed by atoms with Gasteiger partial charge in [-0.15, -0.1) is 11.8 Å². The average Bonchev–Trinajstić information content (AvgIpc) is 2.15. The quantitative estimate of drug-likeness (QED) is 0.597. The summed E-state index contributed by atoms with van der Waals surface area (Å²) in [5.74, 6) is 1.19. The van der Waals surface area contributed by atoms with Gasteiger partial charge in [-0.1, -0.05) is 15.9 Å². The van der Waals surface area contributed by atoms with Crippen molar-refractivity contribution in [3.05, 3.63) is 28.7 Å². The van der Waals surface area contributed by atoms with E-state index in [1.165, 1.54) is 23.6 Å². The second kappa shape index (κ2) is 6.49. The number of rotatable bonds is 5. The Kier molecular flexibility index (Phi) is 5.60. The van der Waals surface area contributed by atoms with Crippen LogP contribution in [0, 0.1) is 0 Å². The highest BCUT2D eigenvalue weighted by Crippen LogP contribution is 2.20. The lowest BCUT2D eigenvalue weighted by Crippen LogP contribution is -2.13. The number of thioether (sulfide) groups is 1. The predicted octanol–water partition coefficient (Wildman–Crippen LogP) is 3.49. The molecule has 0 aliphatic rings. The zero-order chi connectivity index (χ0) is 10.4. The summed E-state index contributed by atoms with van der Waals surface area (Å²) in [5, 5.41) is 0. The summed E-state index contributed by atoms with van der Waals surface area (Å²) in [6, 6.07) is 8.50. The molecule has 0 aromatic heterocycles. The van der Waals surface area contributed by atoms with Crippen LogP contribution in [0.4, 0.5) is 0 Å². The van der Waals surface area contributed by atoms with Crippen molar-refractivity contribution < 1.29 is 0 Å².